The van der Waals surface area contributed by atoms with Crippen molar-refractivity contribution in [1.29, 1.82) is 0 Å². The molecule has 1 unspecified atom stereocenters. The molecule has 2 fully saturated rings. The summed E-state index contributed by atoms with van der Waals surface area (Å²) in [6.07, 6.45) is 2.48. The molecule has 2 aliphatic heterocycles. The smallest absolute Gasteiger partial charge is 0.194 e. The highest BCUT2D eigenvalue weighted by atomic mass is 32.2. The lowest BCUT2D eigenvalue weighted by Crippen LogP contribution is -2.57. The number of nitrogens with zero attached hydrogens (tertiary/aromatic N) is 3. The van der Waals surface area contributed by atoms with Gasteiger partial charge in [0.05, 0.1) is 10.5 Å². The van der Waals surface area contributed by atoms with Crippen LogP contribution in [0.15, 0.2) is 4.99 Å². The van der Waals surface area contributed by atoms with Gasteiger partial charge in [0.1, 0.15) is 0 Å². The zero-order chi connectivity index (χ0) is 17.8. The minimum atomic E-state index is -3.02. The Hall–Kier alpha value is -0.820. The van der Waals surface area contributed by atoms with Crippen LogP contribution in [0.2, 0.25) is 0 Å². The summed E-state index contributed by atoms with van der Waals surface area (Å²) in [6.45, 7) is 14.0. The number of hydrogen-bond acceptors (Lipinski definition) is 4. The summed E-state index contributed by atoms with van der Waals surface area (Å²) in [5.74, 6) is 1.68. The predicted octanol–water partition coefficient (Wildman–Crippen LogP) is 1.19. The largest absolute Gasteiger partial charge is 0.357 e. The molecule has 24 heavy (non-hydrogen) atoms. The van der Waals surface area contributed by atoms with Crippen molar-refractivity contribution >= 4 is 15.8 Å². The second kappa shape index (κ2) is 8.04. The summed E-state index contributed by atoms with van der Waals surface area (Å²) in [5.41, 5.74) is 0. The van der Waals surface area contributed by atoms with Crippen LogP contribution in [0.25, 0.3) is 0 Å². The van der Waals surface area contributed by atoms with Crippen LogP contribution < -0.4 is 5.32 Å². The molecule has 0 aromatic carbocycles. The van der Waals surface area contributed by atoms with Crippen LogP contribution in [-0.2, 0) is 9.84 Å². The summed E-state index contributed by atoms with van der Waals surface area (Å²) >= 11 is 0. The lowest BCUT2D eigenvalue weighted by atomic mass is 9.98. The maximum atomic E-state index is 12.2. The summed E-state index contributed by atoms with van der Waals surface area (Å²) < 4.78 is 23.7. The molecular weight excluding hydrogens is 324 g/mol. The van der Waals surface area contributed by atoms with E-state index >= 15 is 0 Å². The number of piperidine rings is 1. The fraction of sp³-hybridized carbons (Fsp3) is 0.941. The average molecular weight is 359 g/mol. The Kier molecular flexibility index (Phi) is 6.53. The molecule has 1 N–H and O–H groups in total. The van der Waals surface area contributed by atoms with Crippen LogP contribution >= 0.6 is 0 Å². The first-order valence-electron chi connectivity index (χ1n) is 9.27. The van der Waals surface area contributed by atoms with Gasteiger partial charge < -0.3 is 15.1 Å². The Bertz CT molecular complexity index is 545. The molecule has 7 heteroatoms. The molecular formula is C17H34N4O2S. The average Bonchev–Trinajstić information content (AvgIpc) is 2.54. The Morgan fingerprint density at radius 2 is 2.04 bits per heavy atom. The Morgan fingerprint density at radius 3 is 2.67 bits per heavy atom. The van der Waals surface area contributed by atoms with E-state index in [1.165, 1.54) is 19.4 Å². The molecule has 0 saturated carbocycles. The molecule has 0 aliphatic carbocycles. The zero-order valence-electron chi connectivity index (χ0n) is 15.7. The monoisotopic (exact) mass is 358 g/mol. The van der Waals surface area contributed by atoms with Crippen molar-refractivity contribution in [3.05, 3.63) is 0 Å². The van der Waals surface area contributed by atoms with Crippen LogP contribution in [0, 0.1) is 5.92 Å². The topological polar surface area (TPSA) is 65.0 Å². The van der Waals surface area contributed by atoms with Crippen molar-refractivity contribution in [2.75, 3.05) is 51.6 Å². The Morgan fingerprint density at radius 1 is 1.29 bits per heavy atom. The lowest BCUT2D eigenvalue weighted by molar-refractivity contribution is 0.186. The first-order chi connectivity index (χ1) is 11.3. The highest BCUT2D eigenvalue weighted by Gasteiger charge is 2.41. The van der Waals surface area contributed by atoms with Crippen molar-refractivity contribution in [1.82, 2.24) is 15.1 Å². The minimum absolute atomic E-state index is 0.206. The van der Waals surface area contributed by atoms with E-state index in [1.807, 2.05) is 13.8 Å². The highest BCUT2D eigenvalue weighted by Crippen LogP contribution is 2.24. The van der Waals surface area contributed by atoms with Crippen LogP contribution in [-0.4, -0.2) is 80.5 Å². The van der Waals surface area contributed by atoms with E-state index in [1.54, 1.807) is 0 Å². The first kappa shape index (κ1) is 19.5. The molecule has 0 radical (unpaired) electrons. The molecule has 0 bridgehead atoms. The van der Waals surface area contributed by atoms with Crippen molar-refractivity contribution in [3.8, 4) is 0 Å². The van der Waals surface area contributed by atoms with Crippen molar-refractivity contribution in [2.45, 2.75) is 45.3 Å². The quantitative estimate of drug-likeness (QED) is 0.604. The SMILES string of the molecule is CCNC(=NCC1CCCN(CC)C1)N1CCS(=O)(=O)C(C)(C)C1. The molecule has 140 valence electrons. The fourth-order valence-electron chi connectivity index (χ4n) is 3.55. The summed E-state index contributed by atoms with van der Waals surface area (Å²) in [5, 5.41) is 3.35. The Balaban J connectivity index is 2.03. The lowest BCUT2D eigenvalue weighted by Gasteiger charge is -2.39. The van der Waals surface area contributed by atoms with Crippen molar-refractivity contribution in [2.24, 2.45) is 10.9 Å². The molecule has 2 rings (SSSR count). The third-order valence-electron chi connectivity index (χ3n) is 5.23. The van der Waals surface area contributed by atoms with E-state index in [-0.39, 0.29) is 5.75 Å². The van der Waals surface area contributed by atoms with Crippen molar-refractivity contribution < 1.29 is 8.42 Å². The van der Waals surface area contributed by atoms with E-state index < -0.39 is 14.6 Å². The first-order valence-corrected chi connectivity index (χ1v) is 10.9. The maximum absolute atomic E-state index is 12.2. The second-order valence-corrected chi connectivity index (χ2v) is 10.3. The zero-order valence-corrected chi connectivity index (χ0v) is 16.5. The molecule has 0 spiro atoms. The highest BCUT2D eigenvalue weighted by molar-refractivity contribution is 7.92. The third kappa shape index (κ3) is 4.63. The van der Waals surface area contributed by atoms with Gasteiger partial charge in [0.25, 0.3) is 0 Å². The minimum Gasteiger partial charge on any atom is -0.357 e. The molecule has 1 atom stereocenters. The number of guanidine groups is 1. The summed E-state index contributed by atoms with van der Waals surface area (Å²) in [7, 11) is -3.02. The van der Waals surface area contributed by atoms with E-state index in [0.29, 0.717) is 19.0 Å². The summed E-state index contributed by atoms with van der Waals surface area (Å²) in [4.78, 5) is 9.46. The number of hydrogen-bond donors (Lipinski definition) is 1. The third-order valence-corrected chi connectivity index (χ3v) is 7.76. The molecule has 2 saturated heterocycles. The Labute approximate surface area is 147 Å². The van der Waals surface area contributed by atoms with E-state index in [2.05, 4.69) is 29.0 Å². The van der Waals surface area contributed by atoms with Gasteiger partial charge >= 0.3 is 0 Å². The maximum Gasteiger partial charge on any atom is 0.194 e. The van der Waals surface area contributed by atoms with E-state index in [9.17, 15) is 8.42 Å². The standard InChI is InChI=1S/C17H34N4O2S/c1-5-18-16(19-12-15-8-7-9-20(6-2)13-15)21-10-11-24(22,23)17(3,4)14-21/h15H,5-14H2,1-4H3,(H,18,19). The van der Waals surface area contributed by atoms with Crippen LogP contribution in [0.3, 0.4) is 0 Å². The number of likely N-dealkylation sites (tertiary alicyclic amines) is 1. The van der Waals surface area contributed by atoms with Gasteiger partial charge in [0, 0.05) is 32.7 Å². The molecule has 2 aliphatic rings. The molecule has 2 heterocycles. The number of sulfone groups is 1. The van der Waals surface area contributed by atoms with Gasteiger partial charge in [-0.1, -0.05) is 6.92 Å². The van der Waals surface area contributed by atoms with Crippen LogP contribution in [0.1, 0.15) is 40.5 Å². The van der Waals surface area contributed by atoms with E-state index in [4.69, 9.17) is 4.99 Å². The van der Waals surface area contributed by atoms with Gasteiger partial charge in [-0.05, 0) is 52.6 Å². The normalized spacial score (nSPS) is 27.9. The van der Waals surface area contributed by atoms with E-state index in [0.717, 1.165) is 32.1 Å². The van der Waals surface area contributed by atoms with Gasteiger partial charge in [-0.15, -0.1) is 0 Å². The molecule has 6 nitrogen and oxygen atoms in total. The van der Waals surface area contributed by atoms with Gasteiger partial charge in [-0.2, -0.15) is 0 Å². The summed E-state index contributed by atoms with van der Waals surface area (Å²) in [6, 6.07) is 0. The van der Waals surface area contributed by atoms with Crippen molar-refractivity contribution in [3.63, 3.8) is 0 Å². The predicted molar refractivity (Wildman–Crippen MR) is 100 cm³/mol. The van der Waals surface area contributed by atoms with Gasteiger partial charge in [0.2, 0.25) is 0 Å². The van der Waals surface area contributed by atoms with Crippen LogP contribution in [0.5, 0.6) is 0 Å². The van der Waals surface area contributed by atoms with Gasteiger partial charge in [-0.25, -0.2) is 8.42 Å². The number of aliphatic imine (C=N–C) groups is 1. The molecule has 0 aromatic heterocycles. The molecule has 0 aromatic rings. The second-order valence-electron chi connectivity index (χ2n) is 7.60. The van der Waals surface area contributed by atoms with Crippen LogP contribution in [0.4, 0.5) is 0 Å². The fourth-order valence-corrected chi connectivity index (χ4v) is 4.92. The van der Waals surface area contributed by atoms with Gasteiger partial charge in [-0.3, -0.25) is 4.99 Å². The van der Waals surface area contributed by atoms with Gasteiger partial charge in [0.15, 0.2) is 15.8 Å². The number of rotatable bonds is 4. The number of nitrogens with one attached hydrogen (secondary N) is 1. The molecule has 0 amide bonds.